The Kier molecular flexibility index (Phi) is 3.12. The van der Waals surface area contributed by atoms with Crippen LogP contribution in [0.3, 0.4) is 0 Å². The average Bonchev–Trinajstić information content (AvgIpc) is 2.84. The van der Waals surface area contributed by atoms with Crippen LogP contribution in [0.25, 0.3) is 0 Å². The molecule has 1 heterocycles. The van der Waals surface area contributed by atoms with Gasteiger partial charge < -0.3 is 10.1 Å². The van der Waals surface area contributed by atoms with Gasteiger partial charge in [0.25, 0.3) is 0 Å². The molecule has 0 spiro atoms. The molecular weight excluding hydrogens is 200 g/mol. The molecule has 1 N–H and O–H groups in total. The number of hydrogen-bond donors (Lipinski definition) is 1. The molecular formula is C13H16N2O. The van der Waals surface area contributed by atoms with Crippen molar-refractivity contribution in [2.24, 2.45) is 5.92 Å². The van der Waals surface area contributed by atoms with Crippen LogP contribution in [0.4, 0.5) is 5.69 Å². The minimum atomic E-state index is -0.544. The van der Waals surface area contributed by atoms with Gasteiger partial charge >= 0.3 is 0 Å². The number of benzene rings is 1. The van der Waals surface area contributed by atoms with Crippen LogP contribution in [0.2, 0.25) is 0 Å². The predicted molar refractivity (Wildman–Crippen MR) is 63.0 cm³/mol. The van der Waals surface area contributed by atoms with Gasteiger partial charge in [0, 0.05) is 18.2 Å². The van der Waals surface area contributed by atoms with E-state index in [1.807, 2.05) is 37.3 Å². The molecule has 0 aliphatic carbocycles. The van der Waals surface area contributed by atoms with Crippen molar-refractivity contribution in [3.05, 3.63) is 30.3 Å². The Bertz CT molecular complexity index is 379. The summed E-state index contributed by atoms with van der Waals surface area (Å²) in [6.07, 6.45) is 0.948. The fourth-order valence-corrected chi connectivity index (χ4v) is 2.03. The largest absolute Gasteiger partial charge is 0.381 e. The number of ether oxygens (including phenoxy) is 1. The first kappa shape index (κ1) is 11.0. The lowest BCUT2D eigenvalue weighted by molar-refractivity contribution is 0.178. The maximum atomic E-state index is 9.34. The number of nitrogens with one attached hydrogen (secondary N) is 1. The summed E-state index contributed by atoms with van der Waals surface area (Å²) in [6.45, 7) is 3.38. The average molecular weight is 216 g/mol. The molecule has 0 radical (unpaired) electrons. The molecule has 1 aliphatic rings. The Labute approximate surface area is 96.0 Å². The third-order valence-electron chi connectivity index (χ3n) is 3.16. The molecule has 0 amide bonds. The van der Waals surface area contributed by atoms with E-state index in [-0.39, 0.29) is 5.92 Å². The van der Waals surface area contributed by atoms with Crippen molar-refractivity contribution in [1.29, 1.82) is 5.26 Å². The third-order valence-corrected chi connectivity index (χ3v) is 3.16. The molecule has 0 bridgehead atoms. The summed E-state index contributed by atoms with van der Waals surface area (Å²) in [7, 11) is 0. The second kappa shape index (κ2) is 4.54. The fraction of sp³-hybridized carbons (Fsp3) is 0.462. The van der Waals surface area contributed by atoms with Crippen molar-refractivity contribution in [3.63, 3.8) is 0 Å². The second-order valence-electron chi connectivity index (χ2n) is 4.37. The summed E-state index contributed by atoms with van der Waals surface area (Å²) in [4.78, 5) is 0. The van der Waals surface area contributed by atoms with Crippen molar-refractivity contribution in [2.75, 3.05) is 18.5 Å². The molecule has 0 aromatic heterocycles. The predicted octanol–water partition coefficient (Wildman–Crippen LogP) is 2.42. The second-order valence-corrected chi connectivity index (χ2v) is 4.37. The quantitative estimate of drug-likeness (QED) is 0.844. The lowest BCUT2D eigenvalue weighted by Gasteiger charge is -2.29. The maximum absolute atomic E-state index is 9.34. The van der Waals surface area contributed by atoms with Gasteiger partial charge in [-0.15, -0.1) is 0 Å². The van der Waals surface area contributed by atoms with Gasteiger partial charge in [0.1, 0.15) is 5.54 Å². The van der Waals surface area contributed by atoms with Crippen molar-refractivity contribution in [1.82, 2.24) is 0 Å². The fourth-order valence-electron chi connectivity index (χ4n) is 2.03. The molecule has 2 rings (SSSR count). The van der Waals surface area contributed by atoms with Gasteiger partial charge in [0.05, 0.1) is 12.7 Å². The minimum Gasteiger partial charge on any atom is -0.381 e. The van der Waals surface area contributed by atoms with Gasteiger partial charge in [-0.05, 0) is 25.5 Å². The lowest BCUT2D eigenvalue weighted by atomic mass is 9.86. The molecule has 3 nitrogen and oxygen atoms in total. The molecule has 84 valence electrons. The van der Waals surface area contributed by atoms with E-state index in [0.29, 0.717) is 6.61 Å². The first-order valence-electron chi connectivity index (χ1n) is 5.57. The molecule has 1 aromatic carbocycles. The highest BCUT2D eigenvalue weighted by atomic mass is 16.5. The highest BCUT2D eigenvalue weighted by Crippen LogP contribution is 2.28. The maximum Gasteiger partial charge on any atom is 0.127 e. The van der Waals surface area contributed by atoms with E-state index in [2.05, 4.69) is 11.4 Å². The van der Waals surface area contributed by atoms with Crippen molar-refractivity contribution in [2.45, 2.75) is 18.9 Å². The zero-order chi connectivity index (χ0) is 11.4. The van der Waals surface area contributed by atoms with E-state index in [9.17, 15) is 5.26 Å². The van der Waals surface area contributed by atoms with E-state index in [4.69, 9.17) is 4.74 Å². The first-order chi connectivity index (χ1) is 7.74. The Morgan fingerprint density at radius 2 is 2.19 bits per heavy atom. The van der Waals surface area contributed by atoms with Crippen LogP contribution in [0.1, 0.15) is 13.3 Å². The monoisotopic (exact) mass is 216 g/mol. The van der Waals surface area contributed by atoms with Gasteiger partial charge in [-0.1, -0.05) is 18.2 Å². The molecule has 2 atom stereocenters. The number of hydrogen-bond acceptors (Lipinski definition) is 3. The molecule has 1 aromatic rings. The Hall–Kier alpha value is -1.53. The molecule has 1 fully saturated rings. The van der Waals surface area contributed by atoms with Crippen LogP contribution in [-0.2, 0) is 4.74 Å². The number of nitriles is 1. The van der Waals surface area contributed by atoms with Crippen LogP contribution >= 0.6 is 0 Å². The van der Waals surface area contributed by atoms with E-state index < -0.39 is 5.54 Å². The van der Waals surface area contributed by atoms with Gasteiger partial charge in [-0.3, -0.25) is 0 Å². The summed E-state index contributed by atoms with van der Waals surface area (Å²) >= 11 is 0. The highest BCUT2D eigenvalue weighted by Gasteiger charge is 2.36. The summed E-state index contributed by atoms with van der Waals surface area (Å²) in [6, 6.07) is 12.2. The summed E-state index contributed by atoms with van der Waals surface area (Å²) in [5, 5.41) is 12.6. The van der Waals surface area contributed by atoms with Crippen LogP contribution in [0.15, 0.2) is 30.3 Å². The van der Waals surface area contributed by atoms with Gasteiger partial charge in [-0.25, -0.2) is 0 Å². The first-order valence-corrected chi connectivity index (χ1v) is 5.57. The number of rotatable bonds is 3. The van der Waals surface area contributed by atoms with Gasteiger partial charge in [0.2, 0.25) is 0 Å². The van der Waals surface area contributed by atoms with Crippen molar-refractivity contribution >= 4 is 5.69 Å². The molecule has 0 saturated carbocycles. The SMILES string of the molecule is CC(C#N)(Nc1ccccc1)C1CCOC1. The summed E-state index contributed by atoms with van der Waals surface area (Å²) < 4.78 is 5.35. The molecule has 16 heavy (non-hydrogen) atoms. The molecule has 1 aliphatic heterocycles. The Morgan fingerprint density at radius 1 is 1.44 bits per heavy atom. The normalized spacial score (nSPS) is 23.4. The topological polar surface area (TPSA) is 45.0 Å². The van der Waals surface area contributed by atoms with Crippen LogP contribution in [0.5, 0.6) is 0 Å². The zero-order valence-electron chi connectivity index (χ0n) is 9.44. The summed E-state index contributed by atoms with van der Waals surface area (Å²) in [5.74, 6) is 0.262. The number of nitrogens with zero attached hydrogens (tertiary/aromatic N) is 1. The van der Waals surface area contributed by atoms with Gasteiger partial charge in [-0.2, -0.15) is 5.26 Å². The zero-order valence-corrected chi connectivity index (χ0v) is 9.44. The number of para-hydroxylation sites is 1. The smallest absolute Gasteiger partial charge is 0.127 e. The number of anilines is 1. The van der Waals surface area contributed by atoms with Gasteiger partial charge in [0.15, 0.2) is 0 Å². The highest BCUT2D eigenvalue weighted by molar-refractivity contribution is 5.47. The van der Waals surface area contributed by atoms with Crippen LogP contribution < -0.4 is 5.32 Å². The third kappa shape index (κ3) is 2.17. The van der Waals surface area contributed by atoms with E-state index in [1.165, 1.54) is 0 Å². The van der Waals surface area contributed by atoms with E-state index in [1.54, 1.807) is 0 Å². The van der Waals surface area contributed by atoms with E-state index >= 15 is 0 Å². The summed E-state index contributed by atoms with van der Waals surface area (Å²) in [5.41, 5.74) is 0.441. The molecule has 3 heteroatoms. The van der Waals surface area contributed by atoms with Crippen LogP contribution in [-0.4, -0.2) is 18.8 Å². The van der Waals surface area contributed by atoms with Crippen molar-refractivity contribution in [3.8, 4) is 6.07 Å². The molecule has 1 saturated heterocycles. The Balaban J connectivity index is 2.13. The van der Waals surface area contributed by atoms with Crippen molar-refractivity contribution < 1.29 is 4.74 Å². The van der Waals surface area contributed by atoms with E-state index in [0.717, 1.165) is 18.7 Å². The standard InChI is InChI=1S/C13H16N2O/c1-13(10-14,11-7-8-16-9-11)15-12-5-3-2-4-6-12/h2-6,11,15H,7-9H2,1H3. The Morgan fingerprint density at radius 3 is 2.75 bits per heavy atom. The molecule has 2 unspecified atom stereocenters. The van der Waals surface area contributed by atoms with Crippen LogP contribution in [0, 0.1) is 17.2 Å². The lowest BCUT2D eigenvalue weighted by Crippen LogP contribution is -2.41. The minimum absolute atomic E-state index is 0.262.